The van der Waals surface area contributed by atoms with Crippen molar-refractivity contribution in [2.45, 2.75) is 63.2 Å². The summed E-state index contributed by atoms with van der Waals surface area (Å²) >= 11 is 0. The maximum Gasteiger partial charge on any atom is 0.465 e. The molecule has 3 unspecified atom stereocenters. The first-order chi connectivity index (χ1) is 14.4. The van der Waals surface area contributed by atoms with Gasteiger partial charge < -0.3 is 14.2 Å². The summed E-state index contributed by atoms with van der Waals surface area (Å²) in [5, 5.41) is 0. The molecule has 0 bridgehead atoms. The Kier molecular flexibility index (Phi) is 4.64. The molecule has 2 aliphatic carbocycles. The quantitative estimate of drug-likeness (QED) is 0.676. The van der Waals surface area contributed by atoms with Gasteiger partial charge in [-0.1, -0.05) is 66.8 Å². The lowest BCUT2D eigenvalue weighted by molar-refractivity contribution is 0.00578. The van der Waals surface area contributed by atoms with Crippen LogP contribution in [-0.4, -0.2) is 41.1 Å². The summed E-state index contributed by atoms with van der Waals surface area (Å²) in [6.07, 6.45) is 16.3. The minimum absolute atomic E-state index is 0.153. The molecular formula is C25H29BN2O2. The van der Waals surface area contributed by atoms with Crippen LogP contribution in [0, 0.1) is 0 Å². The molecule has 5 rings (SSSR count). The van der Waals surface area contributed by atoms with Gasteiger partial charge in [-0.25, -0.2) is 0 Å². The van der Waals surface area contributed by atoms with Crippen LogP contribution in [0.1, 0.15) is 39.7 Å². The van der Waals surface area contributed by atoms with Crippen LogP contribution in [-0.2, 0) is 9.31 Å². The van der Waals surface area contributed by atoms with E-state index in [1.807, 2.05) is 6.07 Å². The van der Waals surface area contributed by atoms with Crippen LogP contribution in [0.5, 0.6) is 0 Å². The Morgan fingerprint density at radius 1 is 0.967 bits per heavy atom. The van der Waals surface area contributed by atoms with Crippen molar-refractivity contribution in [3.05, 3.63) is 84.1 Å². The van der Waals surface area contributed by atoms with E-state index in [0.717, 1.165) is 17.8 Å². The van der Waals surface area contributed by atoms with Crippen LogP contribution in [0.2, 0.25) is 5.82 Å². The highest BCUT2D eigenvalue weighted by molar-refractivity contribution is 6.48. The lowest BCUT2D eigenvalue weighted by Gasteiger charge is -2.32. The maximum absolute atomic E-state index is 6.28. The average Bonchev–Trinajstić information content (AvgIpc) is 3.23. The Labute approximate surface area is 179 Å². The Bertz CT molecular complexity index is 958. The number of hydrogen-bond donors (Lipinski definition) is 0. The van der Waals surface area contributed by atoms with Crippen LogP contribution in [0.4, 0.5) is 0 Å². The van der Waals surface area contributed by atoms with E-state index in [0.29, 0.717) is 0 Å². The first-order valence-corrected chi connectivity index (χ1v) is 10.9. The topological polar surface area (TPSA) is 34.1 Å². The molecule has 4 nitrogen and oxygen atoms in total. The van der Waals surface area contributed by atoms with E-state index in [-0.39, 0.29) is 36.2 Å². The third-order valence-corrected chi connectivity index (χ3v) is 6.92. The van der Waals surface area contributed by atoms with E-state index in [1.54, 1.807) is 0 Å². The molecule has 3 atom stereocenters. The van der Waals surface area contributed by atoms with Gasteiger partial charge in [-0.15, -0.1) is 0 Å². The zero-order chi connectivity index (χ0) is 20.9. The van der Waals surface area contributed by atoms with Gasteiger partial charge in [0, 0.05) is 17.1 Å². The van der Waals surface area contributed by atoms with Crippen molar-refractivity contribution in [3.63, 3.8) is 0 Å². The number of fused-ring (bicyclic) bond motifs is 1. The summed E-state index contributed by atoms with van der Waals surface area (Å²) in [6.45, 7) is 8.43. The number of allylic oxidation sites excluding steroid dienone is 5. The zero-order valence-electron chi connectivity index (χ0n) is 18.2. The van der Waals surface area contributed by atoms with Crippen LogP contribution >= 0.6 is 0 Å². The summed E-state index contributed by atoms with van der Waals surface area (Å²) in [4.78, 5) is 7.42. The van der Waals surface area contributed by atoms with E-state index in [9.17, 15) is 0 Å². The van der Waals surface area contributed by atoms with Gasteiger partial charge in [0.2, 0.25) is 0 Å². The van der Waals surface area contributed by atoms with E-state index >= 15 is 0 Å². The number of amidine groups is 1. The second-order valence-electron chi connectivity index (χ2n) is 9.45. The van der Waals surface area contributed by atoms with Gasteiger partial charge in [0.1, 0.15) is 5.84 Å². The zero-order valence-corrected chi connectivity index (χ0v) is 18.2. The minimum atomic E-state index is -0.302. The Morgan fingerprint density at radius 2 is 1.67 bits per heavy atom. The molecule has 0 saturated carbocycles. The van der Waals surface area contributed by atoms with Gasteiger partial charge in [-0.05, 0) is 40.2 Å². The van der Waals surface area contributed by atoms with Gasteiger partial charge >= 0.3 is 7.12 Å². The summed E-state index contributed by atoms with van der Waals surface area (Å²) in [5.41, 5.74) is 1.74. The summed E-state index contributed by atoms with van der Waals surface area (Å²) in [5.74, 6) is 1.25. The Morgan fingerprint density at radius 3 is 2.33 bits per heavy atom. The third-order valence-electron chi connectivity index (χ3n) is 6.92. The van der Waals surface area contributed by atoms with Gasteiger partial charge in [0.05, 0.1) is 23.3 Å². The molecule has 2 aliphatic heterocycles. The van der Waals surface area contributed by atoms with Crippen molar-refractivity contribution in [1.29, 1.82) is 0 Å². The first-order valence-electron chi connectivity index (χ1n) is 10.9. The molecule has 2 heterocycles. The number of rotatable bonds is 3. The van der Waals surface area contributed by atoms with Crippen molar-refractivity contribution in [1.82, 2.24) is 4.90 Å². The molecule has 1 saturated heterocycles. The molecule has 0 aromatic heterocycles. The van der Waals surface area contributed by atoms with Crippen molar-refractivity contribution in [2.75, 3.05) is 0 Å². The number of aliphatic imine (C=N–C) groups is 1. The predicted molar refractivity (Wildman–Crippen MR) is 122 cm³/mol. The summed E-state index contributed by atoms with van der Waals surface area (Å²) in [7, 11) is -0.213. The van der Waals surface area contributed by atoms with Crippen LogP contribution in [0.25, 0.3) is 0 Å². The maximum atomic E-state index is 6.28. The van der Waals surface area contributed by atoms with E-state index in [2.05, 4.69) is 99.4 Å². The third kappa shape index (κ3) is 3.21. The Hall–Kier alpha value is -2.37. The highest BCUT2D eigenvalue weighted by Crippen LogP contribution is 2.42. The summed E-state index contributed by atoms with van der Waals surface area (Å²) in [6, 6.07) is 10.8. The van der Waals surface area contributed by atoms with Crippen LogP contribution in [0.15, 0.2) is 83.6 Å². The van der Waals surface area contributed by atoms with Gasteiger partial charge in [-0.3, -0.25) is 4.99 Å². The van der Waals surface area contributed by atoms with Crippen molar-refractivity contribution < 1.29 is 9.31 Å². The monoisotopic (exact) mass is 400 g/mol. The second kappa shape index (κ2) is 7.10. The van der Waals surface area contributed by atoms with E-state index in [4.69, 9.17) is 14.3 Å². The first kappa shape index (κ1) is 19.6. The van der Waals surface area contributed by atoms with E-state index in [1.165, 1.54) is 5.70 Å². The molecule has 0 radical (unpaired) electrons. The van der Waals surface area contributed by atoms with Crippen molar-refractivity contribution in [2.24, 2.45) is 4.99 Å². The fourth-order valence-corrected chi connectivity index (χ4v) is 4.45. The van der Waals surface area contributed by atoms with Crippen LogP contribution in [0.3, 0.4) is 0 Å². The van der Waals surface area contributed by atoms with Crippen molar-refractivity contribution in [3.8, 4) is 0 Å². The fraction of sp³-hybridized carbons (Fsp3) is 0.400. The molecule has 154 valence electrons. The largest absolute Gasteiger partial charge is 0.465 e. The Balaban J connectivity index is 1.39. The normalized spacial score (nSPS) is 31.0. The lowest BCUT2D eigenvalue weighted by Crippen LogP contribution is -2.41. The molecule has 0 N–H and O–H groups in total. The van der Waals surface area contributed by atoms with Crippen molar-refractivity contribution >= 4 is 13.0 Å². The smallest absolute Gasteiger partial charge is 0.403 e. The highest BCUT2D eigenvalue weighted by atomic mass is 16.7. The minimum Gasteiger partial charge on any atom is -0.403 e. The van der Waals surface area contributed by atoms with E-state index < -0.39 is 0 Å². The second-order valence-corrected chi connectivity index (χ2v) is 9.45. The molecule has 1 fully saturated rings. The number of benzene rings is 1. The molecule has 4 aliphatic rings. The number of nitrogens with zero attached hydrogens (tertiary/aromatic N) is 2. The standard InChI is InChI=1S/C25H29BN2O2/c1-24(2)25(3,4)30-26(29-24)19-14-16-20(17-15-19)28-22-13-9-8-12-21(22)27-23(28)18-10-6-5-7-11-18/h5-14,16-17,19,21-22H,15H2,1-4H3. The molecule has 5 heteroatoms. The number of hydrogen-bond acceptors (Lipinski definition) is 4. The average molecular weight is 400 g/mol. The lowest BCUT2D eigenvalue weighted by atomic mass is 9.68. The molecule has 30 heavy (non-hydrogen) atoms. The van der Waals surface area contributed by atoms with Gasteiger partial charge in [0.25, 0.3) is 0 Å². The van der Waals surface area contributed by atoms with Crippen LogP contribution < -0.4 is 0 Å². The molecular weight excluding hydrogens is 371 g/mol. The molecule has 1 aromatic rings. The summed E-state index contributed by atoms with van der Waals surface area (Å²) < 4.78 is 12.6. The SMILES string of the molecule is CC1(C)OB(C2C=CC(N3C(c4ccccc4)=NC4C=CC=CC43)=CC2)OC1(C)C. The van der Waals surface area contributed by atoms with Gasteiger partial charge in [-0.2, -0.15) is 0 Å². The highest BCUT2D eigenvalue weighted by Gasteiger charge is 2.53. The fourth-order valence-electron chi connectivity index (χ4n) is 4.45. The molecule has 0 spiro atoms. The predicted octanol–water partition coefficient (Wildman–Crippen LogP) is 4.92. The molecule has 1 aromatic carbocycles. The van der Waals surface area contributed by atoms with Gasteiger partial charge in [0.15, 0.2) is 0 Å². The molecule has 0 amide bonds.